The predicted octanol–water partition coefficient (Wildman–Crippen LogP) is 2.18. The summed E-state index contributed by atoms with van der Waals surface area (Å²) in [4.78, 5) is 2.35. The zero-order valence-corrected chi connectivity index (χ0v) is 11.2. The Morgan fingerprint density at radius 2 is 1.94 bits per heavy atom. The van der Waals surface area contributed by atoms with Crippen LogP contribution in [0.2, 0.25) is 0 Å². The maximum atomic E-state index is 5.33. The molecular weight excluding hydrogens is 220 g/mol. The van der Waals surface area contributed by atoms with Crippen molar-refractivity contribution in [3.05, 3.63) is 35.4 Å². The minimum atomic E-state index is 0.639. The van der Waals surface area contributed by atoms with E-state index in [4.69, 9.17) is 6.42 Å². The van der Waals surface area contributed by atoms with Crippen LogP contribution in [-0.4, -0.2) is 30.6 Å². The highest BCUT2D eigenvalue weighted by atomic mass is 15.1. The van der Waals surface area contributed by atoms with Crippen molar-refractivity contribution < 1.29 is 0 Å². The fourth-order valence-electron chi connectivity index (χ4n) is 2.39. The molecule has 1 aromatic rings. The van der Waals surface area contributed by atoms with Crippen LogP contribution in [0, 0.1) is 19.3 Å². The molecule has 0 radical (unpaired) electrons. The van der Waals surface area contributed by atoms with Gasteiger partial charge in [0, 0.05) is 25.7 Å². The van der Waals surface area contributed by atoms with E-state index in [0.29, 0.717) is 6.04 Å². The number of nitrogens with zero attached hydrogens (tertiary/aromatic N) is 1. The lowest BCUT2D eigenvalue weighted by Crippen LogP contribution is -2.42. The van der Waals surface area contributed by atoms with Gasteiger partial charge < -0.3 is 5.32 Å². The number of hydrogen-bond acceptors (Lipinski definition) is 2. The summed E-state index contributed by atoms with van der Waals surface area (Å²) in [5.41, 5.74) is 2.69. The molecule has 1 heterocycles. The van der Waals surface area contributed by atoms with Gasteiger partial charge in [-0.05, 0) is 25.3 Å². The van der Waals surface area contributed by atoms with E-state index < -0.39 is 0 Å². The third-order valence-electron chi connectivity index (χ3n) is 3.62. The highest BCUT2D eigenvalue weighted by molar-refractivity contribution is 5.21. The number of terminal acetylenes is 1. The maximum absolute atomic E-state index is 5.33. The van der Waals surface area contributed by atoms with Gasteiger partial charge in [-0.1, -0.05) is 35.7 Å². The Bertz CT molecular complexity index is 394. The number of hydrogen-bond donors (Lipinski definition) is 1. The summed E-state index contributed by atoms with van der Waals surface area (Å²) < 4.78 is 0. The second-order valence-electron chi connectivity index (χ2n) is 5.12. The van der Waals surface area contributed by atoms with Gasteiger partial charge >= 0.3 is 0 Å². The first kappa shape index (κ1) is 13.1. The van der Waals surface area contributed by atoms with E-state index >= 15 is 0 Å². The largest absolute Gasteiger partial charge is 0.310 e. The number of nitrogens with one attached hydrogen (secondary N) is 1. The van der Waals surface area contributed by atoms with Crippen molar-refractivity contribution in [2.45, 2.75) is 32.4 Å². The van der Waals surface area contributed by atoms with E-state index in [2.05, 4.69) is 47.3 Å². The minimum Gasteiger partial charge on any atom is -0.310 e. The maximum Gasteiger partial charge on any atom is 0.0598 e. The topological polar surface area (TPSA) is 15.3 Å². The van der Waals surface area contributed by atoms with Crippen molar-refractivity contribution in [3.8, 4) is 12.3 Å². The van der Waals surface area contributed by atoms with Crippen molar-refractivity contribution in [1.29, 1.82) is 0 Å². The van der Waals surface area contributed by atoms with Gasteiger partial charge in [0.2, 0.25) is 0 Å². The Kier molecular flexibility index (Phi) is 4.81. The molecule has 0 amide bonds. The molecule has 1 aliphatic heterocycles. The number of benzene rings is 1. The molecule has 0 spiro atoms. The Balaban J connectivity index is 1.72. The van der Waals surface area contributed by atoms with Crippen molar-refractivity contribution in [1.82, 2.24) is 10.2 Å². The molecule has 2 rings (SSSR count). The molecule has 96 valence electrons. The fraction of sp³-hybridized carbons (Fsp3) is 0.500. The van der Waals surface area contributed by atoms with Crippen molar-refractivity contribution >= 4 is 0 Å². The Morgan fingerprint density at radius 1 is 1.28 bits per heavy atom. The van der Waals surface area contributed by atoms with E-state index in [1.807, 2.05) is 0 Å². The summed E-state index contributed by atoms with van der Waals surface area (Å²) in [5, 5.41) is 3.64. The van der Waals surface area contributed by atoms with Gasteiger partial charge in [-0.25, -0.2) is 0 Å². The highest BCUT2D eigenvalue weighted by Crippen LogP contribution is 2.11. The first-order valence-electron chi connectivity index (χ1n) is 6.72. The molecule has 0 aromatic heterocycles. The van der Waals surface area contributed by atoms with E-state index in [0.717, 1.165) is 26.2 Å². The average molecular weight is 242 g/mol. The molecule has 1 aromatic carbocycles. The molecule has 1 aliphatic rings. The van der Waals surface area contributed by atoms with E-state index in [-0.39, 0.29) is 0 Å². The smallest absolute Gasteiger partial charge is 0.0598 e. The van der Waals surface area contributed by atoms with Gasteiger partial charge in [-0.15, -0.1) is 6.42 Å². The second kappa shape index (κ2) is 6.58. The summed E-state index contributed by atoms with van der Waals surface area (Å²) in [6, 6.07) is 9.39. The van der Waals surface area contributed by atoms with Gasteiger partial charge in [0.1, 0.15) is 0 Å². The van der Waals surface area contributed by atoms with Gasteiger partial charge in [-0.2, -0.15) is 0 Å². The number of rotatable bonds is 4. The zero-order valence-electron chi connectivity index (χ0n) is 11.2. The lowest BCUT2D eigenvalue weighted by molar-refractivity contribution is 0.217. The van der Waals surface area contributed by atoms with Crippen LogP contribution >= 0.6 is 0 Å². The molecule has 1 N–H and O–H groups in total. The molecule has 2 nitrogen and oxygen atoms in total. The Hall–Kier alpha value is -1.30. The van der Waals surface area contributed by atoms with E-state index in [1.54, 1.807) is 0 Å². The summed E-state index contributed by atoms with van der Waals surface area (Å²) in [5.74, 6) is 2.72. The average Bonchev–Trinajstić information content (AvgIpc) is 2.40. The quantitative estimate of drug-likeness (QED) is 0.814. The molecule has 0 unspecified atom stereocenters. The first-order valence-corrected chi connectivity index (χ1v) is 6.72. The zero-order chi connectivity index (χ0) is 12.8. The molecule has 1 fully saturated rings. The van der Waals surface area contributed by atoms with Crippen LogP contribution in [0.4, 0.5) is 0 Å². The monoisotopic (exact) mass is 242 g/mol. The van der Waals surface area contributed by atoms with E-state index in [1.165, 1.54) is 24.0 Å². The van der Waals surface area contributed by atoms with Crippen LogP contribution in [0.15, 0.2) is 24.3 Å². The third-order valence-corrected chi connectivity index (χ3v) is 3.62. The molecule has 18 heavy (non-hydrogen) atoms. The van der Waals surface area contributed by atoms with Crippen LogP contribution < -0.4 is 5.32 Å². The van der Waals surface area contributed by atoms with Crippen LogP contribution in [0.3, 0.4) is 0 Å². The molecule has 0 bridgehead atoms. The predicted molar refractivity (Wildman–Crippen MR) is 76.3 cm³/mol. The minimum absolute atomic E-state index is 0.639. The fourth-order valence-corrected chi connectivity index (χ4v) is 2.39. The Morgan fingerprint density at radius 3 is 2.56 bits per heavy atom. The normalized spacial score (nSPS) is 17.6. The van der Waals surface area contributed by atoms with Crippen molar-refractivity contribution in [2.24, 2.45) is 0 Å². The lowest BCUT2D eigenvalue weighted by Gasteiger charge is -2.31. The second-order valence-corrected chi connectivity index (χ2v) is 5.12. The molecule has 0 atom stereocenters. The van der Waals surface area contributed by atoms with Crippen LogP contribution in [-0.2, 0) is 6.54 Å². The van der Waals surface area contributed by atoms with Gasteiger partial charge in [-0.3, -0.25) is 4.90 Å². The first-order chi connectivity index (χ1) is 8.78. The summed E-state index contributed by atoms with van der Waals surface area (Å²) in [7, 11) is 0. The number of piperidine rings is 1. The van der Waals surface area contributed by atoms with Gasteiger partial charge in [0.05, 0.1) is 6.54 Å². The summed E-state index contributed by atoms with van der Waals surface area (Å²) >= 11 is 0. The van der Waals surface area contributed by atoms with Crippen molar-refractivity contribution in [2.75, 3.05) is 19.6 Å². The van der Waals surface area contributed by atoms with Gasteiger partial charge in [0.15, 0.2) is 0 Å². The molecule has 0 aliphatic carbocycles. The van der Waals surface area contributed by atoms with Gasteiger partial charge in [0.25, 0.3) is 0 Å². The van der Waals surface area contributed by atoms with Crippen LogP contribution in [0.5, 0.6) is 0 Å². The standard InChI is InChI=1S/C16H22N2/c1-3-10-18-11-8-16(9-12-18)17-13-15-6-4-14(2)5-7-15/h1,4-7,16-17H,8-13H2,2H3. The summed E-state index contributed by atoms with van der Waals surface area (Å²) in [6.45, 7) is 6.13. The third kappa shape index (κ3) is 3.87. The summed E-state index contributed by atoms with van der Waals surface area (Å²) in [6.07, 6.45) is 7.74. The van der Waals surface area contributed by atoms with Crippen molar-refractivity contribution in [3.63, 3.8) is 0 Å². The number of likely N-dealkylation sites (tertiary alicyclic amines) is 1. The SMILES string of the molecule is C#CCN1CCC(NCc2ccc(C)cc2)CC1. The molecule has 0 saturated carbocycles. The highest BCUT2D eigenvalue weighted by Gasteiger charge is 2.17. The van der Waals surface area contributed by atoms with E-state index in [9.17, 15) is 0 Å². The molecular formula is C16H22N2. The number of aryl methyl sites for hydroxylation is 1. The Labute approximate surface area is 110 Å². The lowest BCUT2D eigenvalue weighted by atomic mass is 10.0. The molecule has 1 saturated heterocycles. The molecule has 2 heteroatoms. The van der Waals surface area contributed by atoms with Crippen LogP contribution in [0.25, 0.3) is 0 Å². The van der Waals surface area contributed by atoms with Crippen LogP contribution in [0.1, 0.15) is 24.0 Å².